The summed E-state index contributed by atoms with van der Waals surface area (Å²) in [5, 5.41) is 9.32. The van der Waals surface area contributed by atoms with Crippen LogP contribution in [0.4, 0.5) is 0 Å². The number of amides is 1. The molecule has 0 atom stereocenters. The summed E-state index contributed by atoms with van der Waals surface area (Å²) in [6, 6.07) is 5.23. The van der Waals surface area contributed by atoms with Gasteiger partial charge in [0.25, 0.3) is 5.91 Å². The molecule has 0 aliphatic heterocycles. The molecule has 3 aromatic rings. The molecule has 2 heterocycles. The lowest BCUT2D eigenvalue weighted by molar-refractivity contribution is 0.0953. The Labute approximate surface area is 156 Å². The van der Waals surface area contributed by atoms with Gasteiger partial charge in [0.1, 0.15) is 5.82 Å². The topological polar surface area (TPSA) is 77.8 Å². The van der Waals surface area contributed by atoms with Gasteiger partial charge in [0, 0.05) is 23.9 Å². The molecule has 0 aliphatic rings. The summed E-state index contributed by atoms with van der Waals surface area (Å²) in [5.74, 6) is 1.84. The number of thiazole rings is 1. The Morgan fingerprint density at radius 1 is 1.23 bits per heavy atom. The molecule has 0 fully saturated rings. The van der Waals surface area contributed by atoms with Gasteiger partial charge in [-0.05, 0) is 39.0 Å². The number of carbonyl (C=O) groups excluding carboxylic acids is 1. The maximum atomic E-state index is 12.4. The molecule has 2 aromatic heterocycles. The van der Waals surface area contributed by atoms with E-state index in [1.165, 1.54) is 0 Å². The molecule has 0 aliphatic carbocycles. The number of aromatic nitrogens is 3. The van der Waals surface area contributed by atoms with E-state index in [1.54, 1.807) is 29.5 Å². The van der Waals surface area contributed by atoms with Crippen molar-refractivity contribution in [3.05, 3.63) is 40.7 Å². The zero-order chi connectivity index (χ0) is 18.5. The Morgan fingerprint density at radius 2 is 2.00 bits per heavy atom. The van der Waals surface area contributed by atoms with Gasteiger partial charge < -0.3 is 14.8 Å². The summed E-state index contributed by atoms with van der Waals surface area (Å²) in [5.41, 5.74) is 1.58. The average Bonchev–Trinajstić information content (AvgIpc) is 3.16. The van der Waals surface area contributed by atoms with Crippen LogP contribution in [0.15, 0.2) is 23.6 Å². The fourth-order valence-corrected chi connectivity index (χ4v) is 3.49. The van der Waals surface area contributed by atoms with E-state index < -0.39 is 0 Å². The summed E-state index contributed by atoms with van der Waals surface area (Å²) in [6.07, 6.45) is 0.684. The van der Waals surface area contributed by atoms with Crippen molar-refractivity contribution in [1.82, 2.24) is 19.9 Å². The van der Waals surface area contributed by atoms with E-state index in [2.05, 4.69) is 15.4 Å². The molecule has 0 unspecified atom stereocenters. The third-order valence-corrected chi connectivity index (χ3v) is 4.59. The van der Waals surface area contributed by atoms with E-state index in [4.69, 9.17) is 9.47 Å². The van der Waals surface area contributed by atoms with Crippen LogP contribution in [-0.2, 0) is 6.42 Å². The summed E-state index contributed by atoms with van der Waals surface area (Å²) >= 11 is 1.55. The number of nitrogens with zero attached hydrogens (tertiary/aromatic N) is 3. The fraction of sp³-hybridized carbons (Fsp3) is 0.389. The second kappa shape index (κ2) is 8.18. The molecule has 26 heavy (non-hydrogen) atoms. The molecule has 8 heteroatoms. The Kier molecular flexibility index (Phi) is 5.72. The lowest BCUT2D eigenvalue weighted by atomic mass is 10.2. The molecule has 7 nitrogen and oxygen atoms in total. The first kappa shape index (κ1) is 18.2. The molecule has 1 amide bonds. The molecule has 0 spiro atoms. The molecule has 138 valence electrons. The Morgan fingerprint density at radius 3 is 2.77 bits per heavy atom. The van der Waals surface area contributed by atoms with Gasteiger partial charge in [-0.1, -0.05) is 0 Å². The van der Waals surface area contributed by atoms with Crippen LogP contribution in [0.3, 0.4) is 0 Å². The van der Waals surface area contributed by atoms with Gasteiger partial charge in [0.2, 0.25) is 4.96 Å². The zero-order valence-corrected chi connectivity index (χ0v) is 15.9. The summed E-state index contributed by atoms with van der Waals surface area (Å²) in [7, 11) is 0. The van der Waals surface area contributed by atoms with Crippen molar-refractivity contribution in [2.45, 2.75) is 27.2 Å². The fourth-order valence-electron chi connectivity index (χ4n) is 2.59. The molecule has 0 saturated carbocycles. The van der Waals surface area contributed by atoms with Crippen molar-refractivity contribution in [1.29, 1.82) is 0 Å². The van der Waals surface area contributed by atoms with Gasteiger partial charge in [-0.3, -0.25) is 4.79 Å². The van der Waals surface area contributed by atoms with Crippen LogP contribution in [0.25, 0.3) is 4.96 Å². The Hall–Kier alpha value is -2.61. The molecular weight excluding hydrogens is 352 g/mol. The predicted octanol–water partition coefficient (Wildman–Crippen LogP) is 2.87. The number of carbonyl (C=O) groups is 1. The second-order valence-electron chi connectivity index (χ2n) is 5.61. The number of fused-ring (bicyclic) bond motifs is 1. The average molecular weight is 374 g/mol. The van der Waals surface area contributed by atoms with Crippen LogP contribution in [0.5, 0.6) is 11.5 Å². The van der Waals surface area contributed by atoms with Gasteiger partial charge in [-0.15, -0.1) is 11.3 Å². The number of hydrogen-bond donors (Lipinski definition) is 1. The Bertz CT molecular complexity index is 903. The van der Waals surface area contributed by atoms with Crippen LogP contribution < -0.4 is 14.8 Å². The normalized spacial score (nSPS) is 10.9. The van der Waals surface area contributed by atoms with Crippen LogP contribution in [0.2, 0.25) is 0 Å². The minimum absolute atomic E-state index is 0.143. The minimum atomic E-state index is -0.143. The number of nitrogens with one attached hydrogen (secondary N) is 1. The van der Waals surface area contributed by atoms with Crippen molar-refractivity contribution in [3.63, 3.8) is 0 Å². The van der Waals surface area contributed by atoms with Crippen molar-refractivity contribution in [2.75, 3.05) is 19.8 Å². The molecule has 0 bridgehead atoms. The SMILES string of the molecule is CCOc1ccc(C(=O)NCCc2csc3nc(C)nn23)cc1OCC. The van der Waals surface area contributed by atoms with E-state index in [9.17, 15) is 4.79 Å². The number of hydrogen-bond acceptors (Lipinski definition) is 6. The number of benzene rings is 1. The maximum Gasteiger partial charge on any atom is 0.251 e. The Balaban J connectivity index is 1.63. The molecular formula is C18H22N4O3S. The smallest absolute Gasteiger partial charge is 0.251 e. The first-order chi connectivity index (χ1) is 12.6. The molecule has 1 N–H and O–H groups in total. The summed E-state index contributed by atoms with van der Waals surface area (Å²) in [4.78, 5) is 17.6. The van der Waals surface area contributed by atoms with Crippen LogP contribution in [-0.4, -0.2) is 40.3 Å². The van der Waals surface area contributed by atoms with Crippen LogP contribution in [0, 0.1) is 6.92 Å². The molecule has 0 radical (unpaired) electrons. The van der Waals surface area contributed by atoms with Gasteiger partial charge in [-0.2, -0.15) is 5.10 Å². The van der Waals surface area contributed by atoms with Crippen molar-refractivity contribution >= 4 is 22.2 Å². The largest absolute Gasteiger partial charge is 0.490 e. The van der Waals surface area contributed by atoms with Gasteiger partial charge in [0.15, 0.2) is 11.5 Å². The minimum Gasteiger partial charge on any atom is -0.490 e. The first-order valence-electron chi connectivity index (χ1n) is 8.60. The highest BCUT2D eigenvalue weighted by molar-refractivity contribution is 7.15. The highest BCUT2D eigenvalue weighted by atomic mass is 32.1. The predicted molar refractivity (Wildman–Crippen MR) is 100 cm³/mol. The van der Waals surface area contributed by atoms with Crippen LogP contribution in [0.1, 0.15) is 35.7 Å². The third kappa shape index (κ3) is 3.96. The molecule has 3 rings (SSSR count). The van der Waals surface area contributed by atoms with Crippen molar-refractivity contribution in [3.8, 4) is 11.5 Å². The van der Waals surface area contributed by atoms with E-state index in [0.29, 0.717) is 43.2 Å². The number of aryl methyl sites for hydroxylation is 1. The summed E-state index contributed by atoms with van der Waals surface area (Å²) < 4.78 is 12.9. The van der Waals surface area contributed by atoms with Crippen LogP contribution >= 0.6 is 11.3 Å². The quantitative estimate of drug-likeness (QED) is 0.656. The first-order valence-corrected chi connectivity index (χ1v) is 9.48. The molecule has 0 saturated heterocycles. The van der Waals surface area contributed by atoms with E-state index in [0.717, 1.165) is 16.5 Å². The molecule has 1 aromatic carbocycles. The zero-order valence-electron chi connectivity index (χ0n) is 15.1. The summed E-state index contributed by atoms with van der Waals surface area (Å²) in [6.45, 7) is 7.25. The number of rotatable bonds is 8. The van der Waals surface area contributed by atoms with Crippen molar-refractivity contribution < 1.29 is 14.3 Å². The van der Waals surface area contributed by atoms with E-state index in [1.807, 2.05) is 30.7 Å². The van der Waals surface area contributed by atoms with Crippen molar-refractivity contribution in [2.24, 2.45) is 0 Å². The third-order valence-electron chi connectivity index (χ3n) is 3.73. The van der Waals surface area contributed by atoms with Gasteiger partial charge >= 0.3 is 0 Å². The standard InChI is InChI=1S/C18H22N4O3S/c1-4-24-15-7-6-13(10-16(15)25-5-2)17(23)19-9-8-14-11-26-18-20-12(3)21-22(14)18/h6-7,10-11H,4-5,8-9H2,1-3H3,(H,19,23). The van der Waals surface area contributed by atoms with Gasteiger partial charge in [-0.25, -0.2) is 9.50 Å². The van der Waals surface area contributed by atoms with Gasteiger partial charge in [0.05, 0.1) is 18.9 Å². The lowest BCUT2D eigenvalue weighted by Crippen LogP contribution is -2.26. The lowest BCUT2D eigenvalue weighted by Gasteiger charge is -2.12. The van der Waals surface area contributed by atoms with E-state index >= 15 is 0 Å². The van der Waals surface area contributed by atoms with E-state index in [-0.39, 0.29) is 5.91 Å². The highest BCUT2D eigenvalue weighted by Gasteiger charge is 2.12. The maximum absolute atomic E-state index is 12.4. The monoisotopic (exact) mass is 374 g/mol. The number of ether oxygens (including phenoxy) is 2. The second-order valence-corrected chi connectivity index (χ2v) is 6.45. The highest BCUT2D eigenvalue weighted by Crippen LogP contribution is 2.28.